The molecule has 0 unspecified atom stereocenters. The number of aromatic nitrogens is 1. The summed E-state index contributed by atoms with van der Waals surface area (Å²) in [7, 11) is 1.96. The Bertz CT molecular complexity index is 299. The first-order valence-electron chi connectivity index (χ1n) is 4.83. The maximum Gasteiger partial charge on any atom is 0.129 e. The van der Waals surface area contributed by atoms with Crippen molar-refractivity contribution in [1.29, 1.82) is 0 Å². The molecule has 0 saturated carbocycles. The predicted octanol–water partition coefficient (Wildman–Crippen LogP) is 1.66. The molecule has 2 rings (SSSR count). The number of nitrogens with zero attached hydrogens (tertiary/aromatic N) is 2. The van der Waals surface area contributed by atoms with E-state index in [0.29, 0.717) is 11.1 Å². The zero-order chi connectivity index (χ0) is 9.97. The summed E-state index contributed by atoms with van der Waals surface area (Å²) < 4.78 is 0. The molecule has 0 amide bonds. The lowest BCUT2D eigenvalue weighted by Crippen LogP contribution is -2.32. The molecule has 1 fully saturated rings. The van der Waals surface area contributed by atoms with Gasteiger partial charge in [-0.1, -0.05) is 17.7 Å². The van der Waals surface area contributed by atoms with E-state index in [0.717, 1.165) is 13.1 Å². The Morgan fingerprint density at radius 1 is 1.57 bits per heavy atom. The van der Waals surface area contributed by atoms with Crippen LogP contribution in [-0.2, 0) is 0 Å². The van der Waals surface area contributed by atoms with Gasteiger partial charge in [0.15, 0.2) is 0 Å². The largest absolute Gasteiger partial charge is 0.258 e. The Kier molecular flexibility index (Phi) is 3.01. The second-order valence-corrected chi connectivity index (χ2v) is 3.96. The minimum atomic E-state index is 0.567. The number of hydrazine groups is 1. The summed E-state index contributed by atoms with van der Waals surface area (Å²) in [6, 6.07) is 3.93. The van der Waals surface area contributed by atoms with Gasteiger partial charge in [-0.3, -0.25) is 5.43 Å². The lowest BCUT2D eigenvalue weighted by molar-refractivity contribution is 0.258. The molecule has 2 heterocycles. The third-order valence-electron chi connectivity index (χ3n) is 2.73. The van der Waals surface area contributed by atoms with Gasteiger partial charge in [-0.25, -0.2) is 9.99 Å². The van der Waals surface area contributed by atoms with Crippen LogP contribution in [0.5, 0.6) is 0 Å². The molecule has 1 aromatic rings. The first-order chi connectivity index (χ1) is 6.79. The summed E-state index contributed by atoms with van der Waals surface area (Å²) in [5, 5.41) is 2.79. The van der Waals surface area contributed by atoms with Gasteiger partial charge >= 0.3 is 0 Å². The van der Waals surface area contributed by atoms with Crippen LogP contribution >= 0.6 is 11.6 Å². The van der Waals surface area contributed by atoms with Crippen molar-refractivity contribution < 1.29 is 0 Å². The number of pyridine rings is 1. The second kappa shape index (κ2) is 4.26. The van der Waals surface area contributed by atoms with Crippen LogP contribution in [0.25, 0.3) is 0 Å². The summed E-state index contributed by atoms with van der Waals surface area (Å²) in [5.74, 6) is 0.590. The van der Waals surface area contributed by atoms with Crippen LogP contribution in [-0.4, -0.2) is 30.1 Å². The van der Waals surface area contributed by atoms with Gasteiger partial charge < -0.3 is 0 Å². The quantitative estimate of drug-likeness (QED) is 0.755. The first-order valence-corrected chi connectivity index (χ1v) is 5.21. The number of rotatable bonds is 2. The van der Waals surface area contributed by atoms with E-state index in [9.17, 15) is 0 Å². The van der Waals surface area contributed by atoms with Crippen molar-refractivity contribution in [2.45, 2.75) is 12.3 Å². The highest BCUT2D eigenvalue weighted by Gasteiger charge is 2.22. The molecule has 1 aliphatic rings. The van der Waals surface area contributed by atoms with Crippen LogP contribution in [0.15, 0.2) is 18.3 Å². The molecular formula is C10H14ClN3. The van der Waals surface area contributed by atoms with Crippen molar-refractivity contribution in [1.82, 2.24) is 15.4 Å². The van der Waals surface area contributed by atoms with E-state index < -0.39 is 0 Å². The molecule has 1 aromatic heterocycles. The molecule has 0 aliphatic carbocycles. The van der Waals surface area contributed by atoms with Gasteiger partial charge in [0.2, 0.25) is 0 Å². The highest BCUT2D eigenvalue weighted by Crippen LogP contribution is 2.25. The molecular weight excluding hydrogens is 198 g/mol. The summed E-state index contributed by atoms with van der Waals surface area (Å²) >= 11 is 5.74. The monoisotopic (exact) mass is 211 g/mol. The van der Waals surface area contributed by atoms with Crippen LogP contribution in [0, 0.1) is 0 Å². The molecule has 0 aromatic carbocycles. The average molecular weight is 212 g/mol. The van der Waals surface area contributed by atoms with Gasteiger partial charge in [0.05, 0.1) is 0 Å². The van der Waals surface area contributed by atoms with E-state index >= 15 is 0 Å². The SMILES string of the molecule is CNN1CC[C@@H](c2ccc(Cl)nc2)C1. The molecule has 3 nitrogen and oxygen atoms in total. The molecule has 1 atom stereocenters. The van der Waals surface area contributed by atoms with Crippen LogP contribution in [0.3, 0.4) is 0 Å². The third-order valence-corrected chi connectivity index (χ3v) is 2.95. The average Bonchev–Trinajstić information content (AvgIpc) is 2.67. The summed E-state index contributed by atoms with van der Waals surface area (Å²) in [6.45, 7) is 2.16. The number of hydrogen-bond donors (Lipinski definition) is 1. The Hall–Kier alpha value is -0.640. The molecule has 14 heavy (non-hydrogen) atoms. The Morgan fingerprint density at radius 2 is 2.43 bits per heavy atom. The van der Waals surface area contributed by atoms with E-state index in [-0.39, 0.29) is 0 Å². The molecule has 1 aliphatic heterocycles. The van der Waals surface area contributed by atoms with Crippen molar-refractivity contribution in [2.75, 3.05) is 20.1 Å². The molecule has 4 heteroatoms. The Labute approximate surface area is 89.1 Å². The minimum Gasteiger partial charge on any atom is -0.258 e. The van der Waals surface area contributed by atoms with Crippen molar-refractivity contribution in [3.63, 3.8) is 0 Å². The molecule has 1 saturated heterocycles. The molecule has 0 radical (unpaired) electrons. The van der Waals surface area contributed by atoms with Crippen LogP contribution < -0.4 is 5.43 Å². The number of nitrogens with one attached hydrogen (secondary N) is 1. The van der Waals surface area contributed by atoms with Gasteiger partial charge in [0, 0.05) is 25.2 Å². The molecule has 0 spiro atoms. The molecule has 1 N–H and O–H groups in total. The second-order valence-electron chi connectivity index (χ2n) is 3.57. The smallest absolute Gasteiger partial charge is 0.129 e. The zero-order valence-corrected chi connectivity index (χ0v) is 8.96. The van der Waals surface area contributed by atoms with Crippen molar-refractivity contribution >= 4 is 11.6 Å². The molecule has 0 bridgehead atoms. The Morgan fingerprint density at radius 3 is 3.00 bits per heavy atom. The van der Waals surface area contributed by atoms with Crippen molar-refractivity contribution in [3.8, 4) is 0 Å². The Balaban J connectivity index is 2.06. The highest BCUT2D eigenvalue weighted by molar-refractivity contribution is 6.29. The lowest BCUT2D eigenvalue weighted by atomic mass is 10.0. The van der Waals surface area contributed by atoms with Crippen molar-refractivity contribution in [3.05, 3.63) is 29.0 Å². The van der Waals surface area contributed by atoms with Crippen molar-refractivity contribution in [2.24, 2.45) is 0 Å². The fraction of sp³-hybridized carbons (Fsp3) is 0.500. The minimum absolute atomic E-state index is 0.567. The standard InChI is InChI=1S/C10H14ClN3/c1-12-14-5-4-9(7-14)8-2-3-10(11)13-6-8/h2-3,6,9,12H,4-5,7H2,1H3/t9-/m1/s1. The zero-order valence-electron chi connectivity index (χ0n) is 8.20. The summed E-state index contributed by atoms with van der Waals surface area (Å²) in [6.07, 6.45) is 3.07. The van der Waals surface area contributed by atoms with Crippen LogP contribution in [0.1, 0.15) is 17.9 Å². The normalized spacial score (nSPS) is 22.9. The van der Waals surface area contributed by atoms with Gasteiger partial charge in [0.25, 0.3) is 0 Å². The number of hydrogen-bond acceptors (Lipinski definition) is 3. The highest BCUT2D eigenvalue weighted by atomic mass is 35.5. The number of halogens is 1. The maximum atomic E-state index is 5.74. The van der Waals surface area contributed by atoms with E-state index in [1.165, 1.54) is 12.0 Å². The lowest BCUT2D eigenvalue weighted by Gasteiger charge is -2.13. The maximum absolute atomic E-state index is 5.74. The van der Waals surface area contributed by atoms with E-state index in [1.54, 1.807) is 0 Å². The van der Waals surface area contributed by atoms with Crippen LogP contribution in [0.2, 0.25) is 5.15 Å². The first kappa shape index (κ1) is 9.90. The van der Waals surface area contributed by atoms with E-state index in [1.807, 2.05) is 19.3 Å². The molecule has 76 valence electrons. The van der Waals surface area contributed by atoms with E-state index in [4.69, 9.17) is 11.6 Å². The fourth-order valence-electron chi connectivity index (χ4n) is 1.86. The summed E-state index contributed by atoms with van der Waals surface area (Å²) in [5.41, 5.74) is 4.45. The van der Waals surface area contributed by atoms with Gasteiger partial charge in [-0.15, -0.1) is 0 Å². The van der Waals surface area contributed by atoms with Gasteiger partial charge in [-0.05, 0) is 25.1 Å². The van der Waals surface area contributed by atoms with Crippen LogP contribution in [0.4, 0.5) is 0 Å². The van der Waals surface area contributed by atoms with Gasteiger partial charge in [-0.2, -0.15) is 0 Å². The topological polar surface area (TPSA) is 28.2 Å². The predicted molar refractivity (Wildman–Crippen MR) is 57.2 cm³/mol. The summed E-state index contributed by atoms with van der Waals surface area (Å²) in [4.78, 5) is 4.10. The third kappa shape index (κ3) is 2.05. The van der Waals surface area contributed by atoms with E-state index in [2.05, 4.69) is 21.5 Å². The fourth-order valence-corrected chi connectivity index (χ4v) is 1.98. The van der Waals surface area contributed by atoms with Gasteiger partial charge in [0.1, 0.15) is 5.15 Å².